The molecular formula is C21H38BrIN2. The first kappa shape index (κ1) is 25.3. The van der Waals surface area contributed by atoms with Crippen LogP contribution < -0.4 is 45.5 Å². The summed E-state index contributed by atoms with van der Waals surface area (Å²) in [5.41, 5.74) is 1.54. The highest BCUT2D eigenvalue weighted by Gasteiger charge is 2.36. The number of likely N-dealkylation sites (tertiary alicyclic amines) is 1. The fraction of sp³-hybridized carbons (Fsp3) is 0.762. The van der Waals surface area contributed by atoms with Gasteiger partial charge in [0.15, 0.2) is 12.4 Å². The van der Waals surface area contributed by atoms with E-state index in [-0.39, 0.29) is 41.0 Å². The molecule has 2 rings (SSSR count). The normalized spacial score (nSPS) is 18.4. The molecule has 1 aromatic heterocycles. The Kier molecular flexibility index (Phi) is 13.7. The number of aromatic nitrogens is 1. The van der Waals surface area contributed by atoms with Crippen molar-refractivity contribution in [2.45, 2.75) is 83.7 Å². The molecule has 1 aliphatic heterocycles. The van der Waals surface area contributed by atoms with Crippen LogP contribution in [-0.4, -0.2) is 25.1 Å². The van der Waals surface area contributed by atoms with E-state index in [1.807, 2.05) is 0 Å². The lowest BCUT2D eigenvalue weighted by molar-refractivity contribution is -0.908. The zero-order valence-electron chi connectivity index (χ0n) is 16.5. The number of rotatable bonds is 10. The molecule has 0 bridgehead atoms. The molecule has 0 saturated carbocycles. The Balaban J connectivity index is 0.00000288. The molecule has 0 radical (unpaired) electrons. The van der Waals surface area contributed by atoms with Crippen LogP contribution >= 0.6 is 0 Å². The Hall–Kier alpha value is 0.320. The van der Waals surface area contributed by atoms with Crippen molar-refractivity contribution in [3.8, 4) is 0 Å². The van der Waals surface area contributed by atoms with E-state index in [1.54, 1.807) is 0 Å². The number of pyridine rings is 1. The summed E-state index contributed by atoms with van der Waals surface area (Å²) in [4.78, 5) is 0. The zero-order valence-corrected chi connectivity index (χ0v) is 20.3. The summed E-state index contributed by atoms with van der Waals surface area (Å²) in [6.07, 6.45) is 18.6. The van der Waals surface area contributed by atoms with Gasteiger partial charge in [0.2, 0.25) is 0 Å². The molecule has 0 spiro atoms. The third kappa shape index (κ3) is 8.70. The predicted molar refractivity (Wildman–Crippen MR) is 98.2 cm³/mol. The Morgan fingerprint density at radius 2 is 1.68 bits per heavy atom. The first-order valence-corrected chi connectivity index (χ1v) is 9.95. The van der Waals surface area contributed by atoms with Crippen LogP contribution in [0.25, 0.3) is 0 Å². The van der Waals surface area contributed by atoms with Gasteiger partial charge in [-0.3, -0.25) is 0 Å². The van der Waals surface area contributed by atoms with Crippen LogP contribution in [0, 0.1) is 0 Å². The van der Waals surface area contributed by atoms with Gasteiger partial charge in [0.25, 0.3) is 0 Å². The van der Waals surface area contributed by atoms with Crippen molar-refractivity contribution in [3.63, 3.8) is 0 Å². The van der Waals surface area contributed by atoms with Gasteiger partial charge < -0.3 is 45.4 Å². The van der Waals surface area contributed by atoms with E-state index in [0.29, 0.717) is 6.04 Å². The number of halogens is 2. The first-order chi connectivity index (χ1) is 11.1. The number of hydrogen-bond donors (Lipinski definition) is 0. The van der Waals surface area contributed by atoms with Crippen LogP contribution in [0.4, 0.5) is 0 Å². The topological polar surface area (TPSA) is 3.88 Å². The minimum absolute atomic E-state index is 0. The average Bonchev–Trinajstić information content (AvgIpc) is 2.89. The Labute approximate surface area is 183 Å². The van der Waals surface area contributed by atoms with Crippen molar-refractivity contribution in [2.24, 2.45) is 0 Å². The van der Waals surface area contributed by atoms with Crippen LogP contribution in [0.5, 0.6) is 0 Å². The van der Waals surface area contributed by atoms with Crippen LogP contribution in [-0.2, 0) is 6.54 Å². The Bertz CT molecular complexity index is 465. The number of unbranched alkanes of at least 4 members (excludes halogenated alkanes) is 7. The Morgan fingerprint density at radius 3 is 2.28 bits per heavy atom. The summed E-state index contributed by atoms with van der Waals surface area (Å²) in [5, 5.41) is 0. The first-order valence-electron chi connectivity index (χ1n) is 9.95. The lowest BCUT2D eigenvalue weighted by Crippen LogP contribution is -3.00. The lowest BCUT2D eigenvalue weighted by atomic mass is 10.1. The fourth-order valence-electron chi connectivity index (χ4n) is 4.07. The molecule has 0 unspecified atom stereocenters. The van der Waals surface area contributed by atoms with Crippen LogP contribution in [0.2, 0.25) is 0 Å². The van der Waals surface area contributed by atoms with Gasteiger partial charge in [0.1, 0.15) is 12.6 Å². The minimum Gasteiger partial charge on any atom is -1.00 e. The van der Waals surface area contributed by atoms with E-state index in [2.05, 4.69) is 50.1 Å². The van der Waals surface area contributed by atoms with Gasteiger partial charge >= 0.3 is 0 Å². The van der Waals surface area contributed by atoms with Crippen molar-refractivity contribution in [1.82, 2.24) is 0 Å². The quantitative estimate of drug-likeness (QED) is 0.160. The van der Waals surface area contributed by atoms with Gasteiger partial charge in [0.05, 0.1) is 26.2 Å². The van der Waals surface area contributed by atoms with E-state index in [4.69, 9.17) is 0 Å². The maximum Gasteiger partial charge on any atom is 0.177 e. The zero-order chi connectivity index (χ0) is 16.5. The second-order valence-electron chi connectivity index (χ2n) is 8.01. The summed E-state index contributed by atoms with van der Waals surface area (Å²) >= 11 is 0. The van der Waals surface area contributed by atoms with Gasteiger partial charge in [-0.1, -0.05) is 45.4 Å². The van der Waals surface area contributed by atoms with Gasteiger partial charge in [0, 0.05) is 25.3 Å². The molecule has 1 saturated heterocycles. The highest BCUT2D eigenvalue weighted by Crippen LogP contribution is 2.35. The summed E-state index contributed by atoms with van der Waals surface area (Å²) in [7, 11) is 4.76. The van der Waals surface area contributed by atoms with E-state index in [0.717, 1.165) is 4.48 Å². The van der Waals surface area contributed by atoms with Crippen LogP contribution in [0.15, 0.2) is 24.5 Å². The largest absolute Gasteiger partial charge is 1.00 e. The molecule has 25 heavy (non-hydrogen) atoms. The highest BCUT2D eigenvalue weighted by atomic mass is 127. The molecule has 0 aliphatic carbocycles. The van der Waals surface area contributed by atoms with Crippen molar-refractivity contribution >= 4 is 0 Å². The molecule has 1 atom stereocenters. The molecule has 0 aromatic carbocycles. The lowest BCUT2D eigenvalue weighted by Gasteiger charge is -2.31. The van der Waals surface area contributed by atoms with Crippen LogP contribution in [0.1, 0.15) is 82.7 Å². The monoisotopic (exact) mass is 524 g/mol. The second-order valence-corrected chi connectivity index (χ2v) is 8.01. The summed E-state index contributed by atoms with van der Waals surface area (Å²) in [6, 6.07) is 5.28. The van der Waals surface area contributed by atoms with Gasteiger partial charge in [-0.15, -0.1) is 0 Å². The van der Waals surface area contributed by atoms with Crippen molar-refractivity contribution in [1.29, 1.82) is 0 Å². The average molecular weight is 525 g/mol. The second kappa shape index (κ2) is 13.5. The number of quaternary nitrogens is 1. The number of nitrogens with zero attached hydrogens (tertiary/aromatic N) is 2. The van der Waals surface area contributed by atoms with E-state index in [1.165, 1.54) is 82.9 Å². The summed E-state index contributed by atoms with van der Waals surface area (Å²) in [5.74, 6) is 0. The molecule has 1 fully saturated rings. The molecular weight excluding hydrogens is 487 g/mol. The molecule has 1 aliphatic rings. The van der Waals surface area contributed by atoms with Crippen LogP contribution in [0.3, 0.4) is 0 Å². The molecule has 146 valence electrons. The molecule has 0 N–H and O–H groups in total. The molecule has 0 amide bonds. The SMILES string of the molecule is CCCCCCCCCC[n+]1cccc([C@@H]2CCC[N+]2(C)C)c1.[Br-].[I-]. The van der Waals surface area contributed by atoms with Gasteiger partial charge in [-0.2, -0.15) is 0 Å². The summed E-state index contributed by atoms with van der Waals surface area (Å²) in [6.45, 7) is 4.79. The molecule has 2 heterocycles. The van der Waals surface area contributed by atoms with Crippen molar-refractivity contribution < 1.29 is 50.0 Å². The van der Waals surface area contributed by atoms with Gasteiger partial charge in [-0.05, 0) is 12.5 Å². The number of hydrogen-bond acceptors (Lipinski definition) is 0. The molecule has 2 nitrogen and oxygen atoms in total. The third-order valence-electron chi connectivity index (χ3n) is 5.59. The Morgan fingerprint density at radius 1 is 1.04 bits per heavy atom. The van der Waals surface area contributed by atoms with Crippen molar-refractivity contribution in [2.75, 3.05) is 20.6 Å². The number of aryl methyl sites for hydroxylation is 1. The maximum atomic E-state index is 2.42. The van der Waals surface area contributed by atoms with E-state index in [9.17, 15) is 0 Å². The fourth-order valence-corrected chi connectivity index (χ4v) is 4.07. The van der Waals surface area contributed by atoms with Gasteiger partial charge in [-0.25, -0.2) is 4.57 Å². The molecule has 4 heteroatoms. The van der Waals surface area contributed by atoms with Crippen molar-refractivity contribution in [3.05, 3.63) is 30.1 Å². The minimum atomic E-state index is 0. The molecule has 1 aromatic rings. The summed E-state index contributed by atoms with van der Waals surface area (Å²) < 4.78 is 3.58. The predicted octanol–water partition coefficient (Wildman–Crippen LogP) is -0.966. The smallest absolute Gasteiger partial charge is 0.177 e. The standard InChI is InChI=1S/C21H38N2.BrH.HI/c1-4-5-6-7-8-9-10-11-16-22-17-12-14-20(19-22)21-15-13-18-23(21,2)3;;/h12,14,17,19,21H,4-11,13,15-16,18H2,1-3H3;2*1H/q+2;;/p-2/t21-;;/m0../s1. The maximum absolute atomic E-state index is 2.42. The van der Waals surface area contributed by atoms with E-state index >= 15 is 0 Å². The van der Waals surface area contributed by atoms with E-state index < -0.39 is 0 Å². The highest BCUT2D eigenvalue weighted by molar-refractivity contribution is 5.10. The third-order valence-corrected chi connectivity index (χ3v) is 5.59.